The maximum atomic E-state index is 12.2. The monoisotopic (exact) mass is 371 g/mol. The topological polar surface area (TPSA) is 70.7 Å². The molecule has 1 saturated carbocycles. The molecular formula is C17H20F3N3O3. The van der Waals surface area contributed by atoms with Crippen LogP contribution in [0.3, 0.4) is 0 Å². The van der Waals surface area contributed by atoms with Crippen LogP contribution in [0.2, 0.25) is 0 Å². The van der Waals surface area contributed by atoms with Gasteiger partial charge in [-0.2, -0.15) is 0 Å². The van der Waals surface area contributed by atoms with Crippen molar-refractivity contribution >= 4 is 17.6 Å². The van der Waals surface area contributed by atoms with Gasteiger partial charge in [-0.3, -0.25) is 4.79 Å². The van der Waals surface area contributed by atoms with Crippen LogP contribution in [0.15, 0.2) is 24.3 Å². The van der Waals surface area contributed by atoms with Crippen molar-refractivity contribution in [1.82, 2.24) is 10.2 Å². The highest BCUT2D eigenvalue weighted by atomic mass is 19.4. The standard InChI is InChI=1S/C17H20F3N3O3/c1-2-14(24)23-9-10-3-8-13(23)15(10)22-16(25)21-11-4-6-12(7-5-11)26-17(18,19)20/h4-7,10,13,15H,2-3,8-9H2,1H3,(H2,21,22,25)/t10-,13-,15?/m1/s1. The van der Waals surface area contributed by atoms with E-state index < -0.39 is 12.4 Å². The summed E-state index contributed by atoms with van der Waals surface area (Å²) in [4.78, 5) is 26.0. The van der Waals surface area contributed by atoms with Gasteiger partial charge in [0.15, 0.2) is 0 Å². The van der Waals surface area contributed by atoms with Gasteiger partial charge < -0.3 is 20.3 Å². The lowest BCUT2D eigenvalue weighted by Gasteiger charge is -2.27. The maximum absolute atomic E-state index is 12.2. The molecule has 1 aromatic carbocycles. The van der Waals surface area contributed by atoms with Crippen LogP contribution in [0, 0.1) is 5.92 Å². The molecule has 1 unspecified atom stereocenters. The molecule has 26 heavy (non-hydrogen) atoms. The third kappa shape index (κ3) is 4.03. The number of anilines is 1. The van der Waals surface area contributed by atoms with Gasteiger partial charge in [0, 0.05) is 18.7 Å². The van der Waals surface area contributed by atoms with Gasteiger partial charge in [0.1, 0.15) is 5.75 Å². The predicted octanol–water partition coefficient (Wildman–Crippen LogP) is 3.11. The normalized spacial score (nSPS) is 24.5. The number of piperidine rings is 1. The first-order valence-corrected chi connectivity index (χ1v) is 8.49. The Kier molecular flexibility index (Phi) is 4.97. The summed E-state index contributed by atoms with van der Waals surface area (Å²) >= 11 is 0. The molecule has 0 radical (unpaired) electrons. The average Bonchev–Trinajstić information content (AvgIpc) is 3.11. The molecule has 2 aliphatic rings. The molecular weight excluding hydrogens is 351 g/mol. The highest BCUT2D eigenvalue weighted by Gasteiger charge is 2.48. The number of halogens is 3. The van der Waals surface area contributed by atoms with Gasteiger partial charge in [-0.25, -0.2) is 4.79 Å². The van der Waals surface area contributed by atoms with Crippen molar-refractivity contribution in [3.63, 3.8) is 0 Å². The molecule has 1 heterocycles. The van der Waals surface area contributed by atoms with Crippen LogP contribution >= 0.6 is 0 Å². The van der Waals surface area contributed by atoms with Crippen molar-refractivity contribution in [2.75, 3.05) is 11.9 Å². The third-order valence-electron chi connectivity index (χ3n) is 4.85. The van der Waals surface area contributed by atoms with E-state index in [1.807, 2.05) is 11.8 Å². The number of fused-ring (bicyclic) bond motifs is 2. The summed E-state index contributed by atoms with van der Waals surface area (Å²) in [5.41, 5.74) is 0.351. The SMILES string of the molecule is CCC(=O)N1C[C@H]2CC[C@@H]1C2NC(=O)Nc1ccc(OC(F)(F)F)cc1. The Labute approximate surface area is 148 Å². The quantitative estimate of drug-likeness (QED) is 0.854. The van der Waals surface area contributed by atoms with E-state index in [4.69, 9.17) is 0 Å². The molecule has 1 aliphatic carbocycles. The fourth-order valence-electron chi connectivity index (χ4n) is 3.76. The minimum atomic E-state index is -4.75. The highest BCUT2D eigenvalue weighted by molar-refractivity contribution is 5.89. The molecule has 2 N–H and O–H groups in total. The van der Waals surface area contributed by atoms with Crippen LogP contribution in [0.4, 0.5) is 23.7 Å². The first-order valence-electron chi connectivity index (χ1n) is 8.49. The Morgan fingerprint density at radius 3 is 2.54 bits per heavy atom. The minimum Gasteiger partial charge on any atom is -0.406 e. The van der Waals surface area contributed by atoms with E-state index in [1.54, 1.807) is 0 Å². The second-order valence-corrected chi connectivity index (χ2v) is 6.50. The summed E-state index contributed by atoms with van der Waals surface area (Å²) in [5.74, 6) is -0.0283. The van der Waals surface area contributed by atoms with Gasteiger partial charge >= 0.3 is 12.4 Å². The van der Waals surface area contributed by atoms with Gasteiger partial charge in [0.2, 0.25) is 5.91 Å². The molecule has 1 aliphatic heterocycles. The molecule has 3 amide bonds. The molecule has 3 rings (SSSR count). The minimum absolute atomic E-state index is 0.0146. The Morgan fingerprint density at radius 1 is 1.23 bits per heavy atom. The summed E-state index contributed by atoms with van der Waals surface area (Å²) in [6, 6.07) is 4.39. The van der Waals surface area contributed by atoms with E-state index in [0.717, 1.165) is 25.0 Å². The summed E-state index contributed by atoms with van der Waals surface area (Å²) in [5, 5.41) is 5.49. The number of likely N-dealkylation sites (tertiary alicyclic amines) is 1. The van der Waals surface area contributed by atoms with E-state index in [-0.39, 0.29) is 29.7 Å². The van der Waals surface area contributed by atoms with E-state index in [9.17, 15) is 22.8 Å². The number of carbonyl (C=O) groups is 2. The number of hydrogen-bond acceptors (Lipinski definition) is 3. The van der Waals surface area contributed by atoms with Crippen molar-refractivity contribution in [3.05, 3.63) is 24.3 Å². The second kappa shape index (κ2) is 7.05. The smallest absolute Gasteiger partial charge is 0.406 e. The van der Waals surface area contributed by atoms with Crippen LogP contribution in [0.25, 0.3) is 0 Å². The molecule has 2 fully saturated rings. The number of urea groups is 1. The zero-order valence-electron chi connectivity index (χ0n) is 14.2. The molecule has 3 atom stereocenters. The first kappa shape index (κ1) is 18.3. The zero-order valence-corrected chi connectivity index (χ0v) is 14.2. The third-order valence-corrected chi connectivity index (χ3v) is 4.85. The number of benzene rings is 1. The molecule has 2 bridgehead atoms. The Bertz CT molecular complexity index is 678. The van der Waals surface area contributed by atoms with Crippen molar-refractivity contribution in [3.8, 4) is 5.75 Å². The molecule has 6 nitrogen and oxygen atoms in total. The van der Waals surface area contributed by atoms with Crippen LogP contribution in [0.5, 0.6) is 5.75 Å². The van der Waals surface area contributed by atoms with Gasteiger partial charge in [-0.1, -0.05) is 6.92 Å². The number of carbonyl (C=O) groups excluding carboxylic acids is 2. The molecule has 9 heteroatoms. The average molecular weight is 371 g/mol. The van der Waals surface area contributed by atoms with Crippen molar-refractivity contribution < 1.29 is 27.5 Å². The van der Waals surface area contributed by atoms with Crippen molar-refractivity contribution in [2.24, 2.45) is 5.92 Å². The maximum Gasteiger partial charge on any atom is 0.573 e. The molecule has 0 spiro atoms. The number of amides is 3. The number of nitrogens with zero attached hydrogens (tertiary/aromatic N) is 1. The molecule has 1 saturated heterocycles. The van der Waals surface area contributed by atoms with Gasteiger partial charge in [-0.05, 0) is 43.0 Å². The van der Waals surface area contributed by atoms with Crippen LogP contribution in [0.1, 0.15) is 26.2 Å². The fraction of sp³-hybridized carbons (Fsp3) is 0.529. The Balaban J connectivity index is 1.55. The van der Waals surface area contributed by atoms with E-state index in [2.05, 4.69) is 15.4 Å². The van der Waals surface area contributed by atoms with E-state index in [1.165, 1.54) is 12.1 Å². The lowest BCUT2D eigenvalue weighted by molar-refractivity contribution is -0.274. The van der Waals surface area contributed by atoms with Gasteiger partial charge in [0.25, 0.3) is 0 Å². The molecule has 0 aromatic heterocycles. The lowest BCUT2D eigenvalue weighted by atomic mass is 10.1. The van der Waals surface area contributed by atoms with Gasteiger partial charge in [0.05, 0.1) is 12.1 Å². The number of rotatable bonds is 4. The van der Waals surface area contributed by atoms with E-state index >= 15 is 0 Å². The van der Waals surface area contributed by atoms with Gasteiger partial charge in [-0.15, -0.1) is 13.2 Å². The van der Waals surface area contributed by atoms with Crippen LogP contribution in [-0.4, -0.2) is 41.8 Å². The lowest BCUT2D eigenvalue weighted by Crippen LogP contribution is -2.46. The number of ether oxygens (including phenoxy) is 1. The fourth-order valence-corrected chi connectivity index (χ4v) is 3.76. The summed E-state index contributed by atoms with van der Waals surface area (Å²) in [7, 11) is 0. The van der Waals surface area contributed by atoms with Crippen LogP contribution in [-0.2, 0) is 4.79 Å². The number of alkyl halides is 3. The second-order valence-electron chi connectivity index (χ2n) is 6.50. The van der Waals surface area contributed by atoms with Crippen molar-refractivity contribution in [1.29, 1.82) is 0 Å². The zero-order chi connectivity index (χ0) is 18.9. The Hall–Kier alpha value is -2.45. The van der Waals surface area contributed by atoms with Crippen LogP contribution < -0.4 is 15.4 Å². The van der Waals surface area contributed by atoms with Crippen molar-refractivity contribution in [2.45, 2.75) is 44.6 Å². The van der Waals surface area contributed by atoms with E-state index in [0.29, 0.717) is 18.7 Å². The largest absolute Gasteiger partial charge is 0.573 e. The highest BCUT2D eigenvalue weighted by Crippen LogP contribution is 2.38. The summed E-state index contributed by atoms with van der Waals surface area (Å²) < 4.78 is 40.2. The first-order chi connectivity index (χ1) is 12.3. The molecule has 142 valence electrons. The summed E-state index contributed by atoms with van der Waals surface area (Å²) in [6.45, 7) is 2.47. The Morgan fingerprint density at radius 2 is 1.92 bits per heavy atom. The number of hydrogen-bond donors (Lipinski definition) is 2. The summed E-state index contributed by atoms with van der Waals surface area (Å²) in [6.07, 6.45) is -2.48. The predicted molar refractivity (Wildman–Crippen MR) is 87.6 cm³/mol. The molecule has 1 aromatic rings. The number of nitrogens with one attached hydrogen (secondary N) is 2.